The van der Waals surface area contributed by atoms with Gasteiger partial charge in [-0.2, -0.15) is 0 Å². The first-order valence-electron chi connectivity index (χ1n) is 5.05. The predicted octanol–water partition coefficient (Wildman–Crippen LogP) is 1.38. The van der Waals surface area contributed by atoms with Gasteiger partial charge in [-0.05, 0) is 18.9 Å². The number of nitrogens with zero attached hydrogens (tertiary/aromatic N) is 1. The van der Waals surface area contributed by atoms with E-state index in [9.17, 15) is 4.79 Å². The molecule has 5 heteroatoms. The second-order valence-corrected chi connectivity index (χ2v) is 4.97. The van der Waals surface area contributed by atoms with Crippen molar-refractivity contribution in [1.29, 1.82) is 0 Å². The van der Waals surface area contributed by atoms with Gasteiger partial charge in [-0.1, -0.05) is 13.8 Å². The summed E-state index contributed by atoms with van der Waals surface area (Å²) in [4.78, 5) is 15.8. The zero-order valence-corrected chi connectivity index (χ0v) is 9.93. The van der Waals surface area contributed by atoms with Crippen LogP contribution in [0.25, 0.3) is 0 Å². The third kappa shape index (κ3) is 4.40. The molecule has 15 heavy (non-hydrogen) atoms. The van der Waals surface area contributed by atoms with Gasteiger partial charge in [-0.25, -0.2) is 4.98 Å². The van der Waals surface area contributed by atoms with Gasteiger partial charge >= 0.3 is 0 Å². The maximum Gasteiger partial charge on any atom is 0.277 e. The molecule has 0 fully saturated rings. The fourth-order valence-corrected chi connectivity index (χ4v) is 1.84. The van der Waals surface area contributed by atoms with Gasteiger partial charge in [0.05, 0.1) is 0 Å². The van der Waals surface area contributed by atoms with Crippen LogP contribution in [0.15, 0.2) is 6.20 Å². The Morgan fingerprint density at radius 3 is 2.93 bits per heavy atom. The van der Waals surface area contributed by atoms with Crippen molar-refractivity contribution in [2.24, 2.45) is 11.7 Å². The molecule has 0 saturated heterocycles. The summed E-state index contributed by atoms with van der Waals surface area (Å²) in [5.41, 5.74) is 5.11. The molecule has 1 aromatic rings. The second-order valence-electron chi connectivity index (χ2n) is 3.86. The van der Waals surface area contributed by atoms with Crippen molar-refractivity contribution >= 4 is 17.2 Å². The van der Waals surface area contributed by atoms with Gasteiger partial charge in [-0.3, -0.25) is 4.79 Å². The minimum Gasteiger partial charge on any atom is -0.364 e. The van der Waals surface area contributed by atoms with Crippen molar-refractivity contribution < 1.29 is 4.79 Å². The first-order chi connectivity index (χ1) is 7.09. The van der Waals surface area contributed by atoms with E-state index in [1.807, 2.05) is 0 Å². The molecule has 0 saturated carbocycles. The lowest BCUT2D eigenvalue weighted by atomic mass is 10.1. The molecular weight excluding hydrogens is 210 g/mol. The van der Waals surface area contributed by atoms with Crippen molar-refractivity contribution in [1.82, 2.24) is 10.3 Å². The smallest absolute Gasteiger partial charge is 0.277 e. The number of carbonyl (C=O) groups is 1. The largest absolute Gasteiger partial charge is 0.364 e. The van der Waals surface area contributed by atoms with Crippen molar-refractivity contribution in [2.75, 3.05) is 6.54 Å². The van der Waals surface area contributed by atoms with Crippen LogP contribution in [0.4, 0.5) is 0 Å². The molecule has 0 aliphatic heterocycles. The number of aromatic nitrogens is 1. The van der Waals surface area contributed by atoms with Crippen molar-refractivity contribution in [3.8, 4) is 0 Å². The van der Waals surface area contributed by atoms with Crippen LogP contribution in [0.5, 0.6) is 0 Å². The van der Waals surface area contributed by atoms with E-state index in [0.717, 1.165) is 24.4 Å². The van der Waals surface area contributed by atoms with E-state index in [-0.39, 0.29) is 0 Å². The van der Waals surface area contributed by atoms with Gasteiger partial charge in [0.15, 0.2) is 5.01 Å². The van der Waals surface area contributed by atoms with Crippen molar-refractivity contribution in [3.05, 3.63) is 16.1 Å². The fourth-order valence-electron chi connectivity index (χ4n) is 1.11. The topological polar surface area (TPSA) is 68.0 Å². The SMILES string of the molecule is CC(C)CCNCc1cnc(C(N)=O)s1. The Labute approximate surface area is 93.9 Å². The Morgan fingerprint density at radius 1 is 1.67 bits per heavy atom. The molecule has 4 nitrogen and oxygen atoms in total. The molecule has 1 aromatic heterocycles. The number of thiazole rings is 1. The average molecular weight is 227 g/mol. The van der Waals surface area contributed by atoms with Crippen molar-refractivity contribution in [2.45, 2.75) is 26.8 Å². The Balaban J connectivity index is 2.29. The molecule has 1 rings (SSSR count). The van der Waals surface area contributed by atoms with Crippen LogP contribution in [0.2, 0.25) is 0 Å². The zero-order chi connectivity index (χ0) is 11.3. The quantitative estimate of drug-likeness (QED) is 0.721. The van der Waals surface area contributed by atoms with Crippen LogP contribution in [0.3, 0.4) is 0 Å². The highest BCUT2D eigenvalue weighted by Gasteiger charge is 2.06. The second kappa shape index (κ2) is 5.82. The number of primary amides is 1. The maximum absolute atomic E-state index is 10.8. The van der Waals surface area contributed by atoms with Crippen LogP contribution in [0.1, 0.15) is 34.9 Å². The Kier molecular flexibility index (Phi) is 4.71. The normalized spacial score (nSPS) is 10.9. The van der Waals surface area contributed by atoms with Crippen LogP contribution in [-0.2, 0) is 6.54 Å². The zero-order valence-electron chi connectivity index (χ0n) is 9.12. The first kappa shape index (κ1) is 12.1. The number of nitrogens with two attached hydrogens (primary N) is 1. The third-order valence-corrected chi connectivity index (χ3v) is 2.97. The molecular formula is C10H17N3OS. The fraction of sp³-hybridized carbons (Fsp3) is 0.600. The summed E-state index contributed by atoms with van der Waals surface area (Å²) >= 11 is 1.35. The summed E-state index contributed by atoms with van der Waals surface area (Å²) in [5.74, 6) is 0.258. The molecule has 0 atom stereocenters. The van der Waals surface area contributed by atoms with Gasteiger partial charge in [0.25, 0.3) is 5.91 Å². The monoisotopic (exact) mass is 227 g/mol. The molecule has 0 aromatic carbocycles. The van der Waals surface area contributed by atoms with E-state index >= 15 is 0 Å². The van der Waals surface area contributed by atoms with Gasteiger partial charge in [0, 0.05) is 17.6 Å². The van der Waals surface area contributed by atoms with Crippen LogP contribution in [-0.4, -0.2) is 17.4 Å². The average Bonchev–Trinajstić information content (AvgIpc) is 2.60. The number of hydrogen-bond acceptors (Lipinski definition) is 4. The molecule has 0 aliphatic rings. The lowest BCUT2D eigenvalue weighted by Crippen LogP contribution is -2.15. The summed E-state index contributed by atoms with van der Waals surface area (Å²) < 4.78 is 0. The van der Waals surface area contributed by atoms with Crippen LogP contribution in [0, 0.1) is 5.92 Å². The summed E-state index contributed by atoms with van der Waals surface area (Å²) in [5, 5.41) is 3.69. The summed E-state index contributed by atoms with van der Waals surface area (Å²) in [7, 11) is 0. The molecule has 0 bridgehead atoms. The molecule has 0 aliphatic carbocycles. The number of nitrogens with one attached hydrogen (secondary N) is 1. The highest BCUT2D eigenvalue weighted by Crippen LogP contribution is 2.11. The summed E-state index contributed by atoms with van der Waals surface area (Å²) in [6.07, 6.45) is 2.86. The number of amides is 1. The number of carbonyl (C=O) groups excluding carboxylic acids is 1. The molecule has 3 N–H and O–H groups in total. The highest BCUT2D eigenvalue weighted by molar-refractivity contribution is 7.13. The van der Waals surface area contributed by atoms with E-state index in [0.29, 0.717) is 10.9 Å². The summed E-state index contributed by atoms with van der Waals surface area (Å²) in [6.45, 7) is 6.14. The standard InChI is InChI=1S/C10H17N3OS/c1-7(2)3-4-12-5-8-6-13-10(15-8)9(11)14/h6-7,12H,3-5H2,1-2H3,(H2,11,14). The Hall–Kier alpha value is -0.940. The van der Waals surface area contributed by atoms with E-state index in [1.165, 1.54) is 11.3 Å². The van der Waals surface area contributed by atoms with Gasteiger partial charge in [-0.15, -0.1) is 11.3 Å². The molecule has 84 valence electrons. The highest BCUT2D eigenvalue weighted by atomic mass is 32.1. The van der Waals surface area contributed by atoms with Gasteiger partial charge < -0.3 is 11.1 Å². The van der Waals surface area contributed by atoms with E-state index in [4.69, 9.17) is 5.73 Å². The van der Waals surface area contributed by atoms with Crippen molar-refractivity contribution in [3.63, 3.8) is 0 Å². The first-order valence-corrected chi connectivity index (χ1v) is 5.86. The lowest BCUT2D eigenvalue weighted by molar-refractivity contribution is 0.1000. The molecule has 0 unspecified atom stereocenters. The van der Waals surface area contributed by atoms with Gasteiger partial charge in [0.1, 0.15) is 0 Å². The predicted molar refractivity (Wildman–Crippen MR) is 61.8 cm³/mol. The molecule has 0 spiro atoms. The minimum atomic E-state index is -0.451. The third-order valence-electron chi connectivity index (χ3n) is 1.96. The lowest BCUT2D eigenvalue weighted by Gasteiger charge is -2.04. The molecule has 1 heterocycles. The number of hydrogen-bond donors (Lipinski definition) is 2. The Bertz CT molecular complexity index is 322. The van der Waals surface area contributed by atoms with Gasteiger partial charge in [0.2, 0.25) is 0 Å². The molecule has 0 radical (unpaired) electrons. The molecule has 1 amide bonds. The number of rotatable bonds is 6. The van der Waals surface area contributed by atoms with E-state index in [1.54, 1.807) is 6.20 Å². The minimum absolute atomic E-state index is 0.385. The van der Waals surface area contributed by atoms with Crippen LogP contribution < -0.4 is 11.1 Å². The van der Waals surface area contributed by atoms with E-state index < -0.39 is 5.91 Å². The maximum atomic E-state index is 10.8. The van der Waals surface area contributed by atoms with Crippen LogP contribution >= 0.6 is 11.3 Å². The summed E-state index contributed by atoms with van der Waals surface area (Å²) in [6, 6.07) is 0. The van der Waals surface area contributed by atoms with E-state index in [2.05, 4.69) is 24.1 Å². The Morgan fingerprint density at radius 2 is 2.40 bits per heavy atom.